The second kappa shape index (κ2) is 11.1. The van der Waals surface area contributed by atoms with Gasteiger partial charge in [-0.2, -0.15) is 0 Å². The second-order valence-electron chi connectivity index (χ2n) is 8.67. The number of hydrogen-bond acceptors (Lipinski definition) is 3. The molecular formula is C26H37NO3. The van der Waals surface area contributed by atoms with E-state index in [4.69, 9.17) is 4.74 Å². The van der Waals surface area contributed by atoms with E-state index < -0.39 is 0 Å². The molecule has 0 saturated carbocycles. The van der Waals surface area contributed by atoms with Crippen LogP contribution in [0.25, 0.3) is 0 Å². The molecule has 1 aliphatic carbocycles. The fourth-order valence-corrected chi connectivity index (χ4v) is 4.04. The Morgan fingerprint density at radius 2 is 2.07 bits per heavy atom. The first-order valence-electron chi connectivity index (χ1n) is 11.0. The molecule has 0 radical (unpaired) electrons. The van der Waals surface area contributed by atoms with E-state index in [-0.39, 0.29) is 23.5 Å². The minimum Gasteiger partial charge on any atom is -0.507 e. The molecule has 1 aromatic rings. The number of rotatable bonds is 9. The van der Waals surface area contributed by atoms with E-state index in [1.54, 1.807) is 14.1 Å². The topological polar surface area (TPSA) is 49.8 Å². The van der Waals surface area contributed by atoms with Crippen LogP contribution in [0.3, 0.4) is 0 Å². The summed E-state index contributed by atoms with van der Waals surface area (Å²) in [7, 11) is 3.40. The van der Waals surface area contributed by atoms with Crippen molar-refractivity contribution in [3.8, 4) is 11.5 Å². The van der Waals surface area contributed by atoms with Crippen LogP contribution in [0.2, 0.25) is 0 Å². The first kappa shape index (κ1) is 23.8. The van der Waals surface area contributed by atoms with E-state index in [2.05, 4.69) is 33.4 Å². The number of unbranched alkanes of at least 4 members (excludes halogenated alkanes) is 2. The van der Waals surface area contributed by atoms with Gasteiger partial charge in [0.05, 0.1) is 6.26 Å². The van der Waals surface area contributed by atoms with Gasteiger partial charge >= 0.3 is 0 Å². The Kier molecular flexibility index (Phi) is 8.76. The number of aryl methyl sites for hydroxylation is 1. The second-order valence-corrected chi connectivity index (χ2v) is 8.67. The Morgan fingerprint density at radius 1 is 1.33 bits per heavy atom. The van der Waals surface area contributed by atoms with Crippen molar-refractivity contribution in [1.29, 1.82) is 0 Å². The molecule has 0 spiro atoms. The monoisotopic (exact) mass is 411 g/mol. The van der Waals surface area contributed by atoms with E-state index in [9.17, 15) is 9.90 Å². The Hall–Kier alpha value is -2.49. The number of aromatic hydroxyl groups is 1. The number of ether oxygens (including phenoxy) is 1. The largest absolute Gasteiger partial charge is 0.507 e. The van der Waals surface area contributed by atoms with Crippen molar-refractivity contribution in [2.45, 2.75) is 65.2 Å². The van der Waals surface area contributed by atoms with Gasteiger partial charge in [-0.3, -0.25) is 4.79 Å². The SMILES string of the molecule is C=C(C)C1CCC(C)=C[C@H]1c1c(O)cc(CCCCC)cc1O/C=C/C(=O)N(C)C. The smallest absolute Gasteiger partial charge is 0.249 e. The highest BCUT2D eigenvalue weighted by molar-refractivity contribution is 5.86. The normalized spacial score (nSPS) is 18.9. The average molecular weight is 412 g/mol. The molecule has 2 rings (SSSR count). The summed E-state index contributed by atoms with van der Waals surface area (Å²) in [6.07, 6.45) is 11.4. The highest BCUT2D eigenvalue weighted by Gasteiger charge is 2.30. The van der Waals surface area contributed by atoms with E-state index in [0.717, 1.165) is 55.2 Å². The number of amides is 1. The zero-order valence-corrected chi connectivity index (χ0v) is 19.2. The van der Waals surface area contributed by atoms with Gasteiger partial charge in [0.25, 0.3) is 0 Å². The number of likely N-dealkylation sites (N-methyl/N-ethyl adjacent to an activating group) is 1. The third-order valence-electron chi connectivity index (χ3n) is 5.81. The average Bonchev–Trinajstić information content (AvgIpc) is 2.67. The number of allylic oxidation sites excluding steroid dienone is 3. The summed E-state index contributed by atoms with van der Waals surface area (Å²) in [5.41, 5.74) is 4.26. The molecule has 4 nitrogen and oxygen atoms in total. The van der Waals surface area contributed by atoms with Crippen LogP contribution in [-0.2, 0) is 11.2 Å². The lowest BCUT2D eigenvalue weighted by Crippen LogP contribution is -2.19. The number of hydrogen-bond donors (Lipinski definition) is 1. The number of carbonyl (C=O) groups is 1. The van der Waals surface area contributed by atoms with E-state index in [0.29, 0.717) is 5.75 Å². The zero-order chi connectivity index (χ0) is 22.3. The van der Waals surface area contributed by atoms with Crippen molar-refractivity contribution in [3.05, 3.63) is 59.4 Å². The quantitative estimate of drug-likeness (QED) is 0.230. The number of nitrogens with zero attached hydrogens (tertiary/aromatic N) is 1. The van der Waals surface area contributed by atoms with Crippen LogP contribution in [0.15, 0.2) is 48.3 Å². The minimum atomic E-state index is -0.145. The van der Waals surface area contributed by atoms with Gasteiger partial charge in [0.2, 0.25) is 5.91 Å². The van der Waals surface area contributed by atoms with Gasteiger partial charge in [-0.1, -0.05) is 43.6 Å². The van der Waals surface area contributed by atoms with Crippen LogP contribution in [0.5, 0.6) is 11.5 Å². The molecule has 1 aliphatic rings. The van der Waals surface area contributed by atoms with E-state index >= 15 is 0 Å². The molecule has 164 valence electrons. The van der Waals surface area contributed by atoms with E-state index in [1.165, 1.54) is 22.8 Å². The Morgan fingerprint density at radius 3 is 2.70 bits per heavy atom. The van der Waals surface area contributed by atoms with Gasteiger partial charge in [0.15, 0.2) is 0 Å². The summed E-state index contributed by atoms with van der Waals surface area (Å²) >= 11 is 0. The van der Waals surface area contributed by atoms with Crippen molar-refractivity contribution in [3.63, 3.8) is 0 Å². The van der Waals surface area contributed by atoms with Crippen LogP contribution in [-0.4, -0.2) is 30.0 Å². The molecule has 30 heavy (non-hydrogen) atoms. The Labute approximate surface area is 181 Å². The summed E-state index contributed by atoms with van der Waals surface area (Å²) in [6.45, 7) is 10.6. The molecule has 1 aromatic carbocycles. The summed E-state index contributed by atoms with van der Waals surface area (Å²) < 4.78 is 5.96. The lowest BCUT2D eigenvalue weighted by molar-refractivity contribution is -0.123. The number of benzene rings is 1. The van der Waals surface area contributed by atoms with Crippen LogP contribution >= 0.6 is 0 Å². The Bertz CT molecular complexity index is 820. The third-order valence-corrected chi connectivity index (χ3v) is 5.81. The standard InChI is InChI=1S/C26H37NO3/c1-7-8-9-10-20-16-23(28)26(22-15-19(4)11-12-21(22)18(2)3)24(17-20)30-14-13-25(29)27(5)6/h13-17,21-22,28H,2,7-12H2,1,3-6H3/b14-13+/t21?,22-/m1/s1. The van der Waals surface area contributed by atoms with Crippen LogP contribution in [0, 0.1) is 5.92 Å². The van der Waals surface area contributed by atoms with Gasteiger partial charge in [0, 0.05) is 31.7 Å². The van der Waals surface area contributed by atoms with Crippen molar-refractivity contribution in [2.75, 3.05) is 14.1 Å². The molecule has 2 atom stereocenters. The van der Waals surface area contributed by atoms with Crippen molar-refractivity contribution in [1.82, 2.24) is 4.90 Å². The summed E-state index contributed by atoms with van der Waals surface area (Å²) in [4.78, 5) is 13.4. The molecule has 0 aliphatic heterocycles. The summed E-state index contributed by atoms with van der Waals surface area (Å²) in [5, 5.41) is 11.0. The lowest BCUT2D eigenvalue weighted by Gasteiger charge is -2.32. The lowest BCUT2D eigenvalue weighted by atomic mass is 9.73. The minimum absolute atomic E-state index is 0.00823. The molecule has 1 unspecified atom stereocenters. The van der Waals surface area contributed by atoms with Gasteiger partial charge < -0.3 is 14.7 Å². The van der Waals surface area contributed by atoms with Crippen molar-refractivity contribution < 1.29 is 14.6 Å². The summed E-state index contributed by atoms with van der Waals surface area (Å²) in [5.74, 6) is 0.988. The predicted octanol–water partition coefficient (Wildman–Crippen LogP) is 6.12. The van der Waals surface area contributed by atoms with Crippen LogP contribution in [0.4, 0.5) is 0 Å². The van der Waals surface area contributed by atoms with Crippen molar-refractivity contribution >= 4 is 5.91 Å². The van der Waals surface area contributed by atoms with Gasteiger partial charge in [-0.05, 0) is 63.1 Å². The number of phenolic OH excluding ortho intramolecular Hbond substituents is 1. The molecule has 0 heterocycles. The molecule has 1 amide bonds. The summed E-state index contributed by atoms with van der Waals surface area (Å²) in [6, 6.07) is 3.89. The first-order chi connectivity index (χ1) is 14.2. The zero-order valence-electron chi connectivity index (χ0n) is 19.2. The highest BCUT2D eigenvalue weighted by atomic mass is 16.5. The third kappa shape index (κ3) is 6.25. The maximum absolute atomic E-state index is 11.9. The number of carbonyl (C=O) groups excluding carboxylic acids is 1. The van der Waals surface area contributed by atoms with Gasteiger partial charge in [-0.15, -0.1) is 0 Å². The molecule has 0 bridgehead atoms. The molecule has 0 saturated heterocycles. The highest BCUT2D eigenvalue weighted by Crippen LogP contribution is 2.47. The van der Waals surface area contributed by atoms with Crippen molar-refractivity contribution in [2.24, 2.45) is 5.92 Å². The molecule has 1 N–H and O–H groups in total. The molecule has 4 heteroatoms. The molecule has 0 fully saturated rings. The maximum atomic E-state index is 11.9. The maximum Gasteiger partial charge on any atom is 0.249 e. The fourth-order valence-electron chi connectivity index (χ4n) is 4.04. The van der Waals surface area contributed by atoms with Crippen LogP contribution < -0.4 is 4.74 Å². The first-order valence-corrected chi connectivity index (χ1v) is 11.0. The van der Waals surface area contributed by atoms with E-state index in [1.807, 2.05) is 12.1 Å². The van der Waals surface area contributed by atoms with Crippen LogP contribution in [0.1, 0.15) is 69.9 Å². The predicted molar refractivity (Wildman–Crippen MR) is 124 cm³/mol. The number of phenols is 1. The molecular weight excluding hydrogens is 374 g/mol. The van der Waals surface area contributed by atoms with Gasteiger partial charge in [0.1, 0.15) is 11.5 Å². The fraction of sp³-hybridized carbons (Fsp3) is 0.500. The Balaban J connectivity index is 2.46. The molecule has 0 aromatic heterocycles. The van der Waals surface area contributed by atoms with Gasteiger partial charge in [-0.25, -0.2) is 0 Å².